The van der Waals surface area contributed by atoms with Crippen LogP contribution in [0.1, 0.15) is 68.6 Å². The molecule has 0 bridgehead atoms. The Bertz CT molecular complexity index is 710. The maximum atomic E-state index is 4.72. The van der Waals surface area contributed by atoms with Gasteiger partial charge in [-0.15, -0.1) is 0 Å². The molecule has 4 rings (SSSR count). The van der Waals surface area contributed by atoms with Crippen LogP contribution in [0.2, 0.25) is 0 Å². The summed E-state index contributed by atoms with van der Waals surface area (Å²) in [5, 5.41) is 8.13. The largest absolute Gasteiger partial charge is 0.337 e. The zero-order chi connectivity index (χ0) is 16.0. The van der Waals surface area contributed by atoms with Gasteiger partial charge in [0.1, 0.15) is 11.6 Å². The number of aromatic nitrogens is 4. The Hall–Kier alpha value is -1.91. The summed E-state index contributed by atoms with van der Waals surface area (Å²) in [6.07, 6.45) is 6.96. The van der Waals surface area contributed by atoms with Crippen LogP contribution in [0.3, 0.4) is 0 Å². The summed E-state index contributed by atoms with van der Waals surface area (Å²) in [6.45, 7) is 7.49. The molecule has 2 aliphatic rings. The quantitative estimate of drug-likeness (QED) is 0.871. The molecule has 2 aromatic heterocycles. The highest BCUT2D eigenvalue weighted by atomic mass is 15.3. The van der Waals surface area contributed by atoms with Crippen molar-refractivity contribution in [2.75, 3.05) is 5.32 Å². The number of rotatable bonds is 6. The second-order valence-corrected chi connectivity index (χ2v) is 7.45. The average Bonchev–Trinajstić information content (AvgIpc) is 3.38. The fourth-order valence-electron chi connectivity index (χ4n) is 3.09. The van der Waals surface area contributed by atoms with Gasteiger partial charge in [-0.25, -0.2) is 9.97 Å². The third-order valence-electron chi connectivity index (χ3n) is 4.46. The SMILES string of the molecule is Cc1cc(Nc2cnn(CC(C)C)c2C2CC2)nc(C2CC2)n1. The van der Waals surface area contributed by atoms with Gasteiger partial charge in [-0.1, -0.05) is 13.8 Å². The van der Waals surface area contributed by atoms with Crippen molar-refractivity contribution in [1.82, 2.24) is 19.7 Å². The van der Waals surface area contributed by atoms with Crippen molar-refractivity contribution in [3.05, 3.63) is 29.5 Å². The standard InChI is InChI=1S/C18H25N5/c1-11(2)10-23-17(13-4-5-13)15(9-19-23)21-16-8-12(3)20-18(22-16)14-6-7-14/h8-9,11,13-14H,4-7,10H2,1-3H3,(H,20,21,22). The third-order valence-corrected chi connectivity index (χ3v) is 4.46. The summed E-state index contributed by atoms with van der Waals surface area (Å²) >= 11 is 0. The number of aryl methyl sites for hydroxylation is 1. The molecule has 5 nitrogen and oxygen atoms in total. The van der Waals surface area contributed by atoms with E-state index in [2.05, 4.69) is 33.9 Å². The molecule has 0 unspecified atom stereocenters. The highest BCUT2D eigenvalue weighted by Gasteiger charge is 2.31. The normalized spacial score (nSPS) is 17.7. The molecule has 0 aromatic carbocycles. The van der Waals surface area contributed by atoms with Gasteiger partial charge in [0.25, 0.3) is 0 Å². The van der Waals surface area contributed by atoms with E-state index in [-0.39, 0.29) is 0 Å². The van der Waals surface area contributed by atoms with Gasteiger partial charge in [0.15, 0.2) is 0 Å². The Morgan fingerprint density at radius 2 is 1.91 bits per heavy atom. The average molecular weight is 311 g/mol. The van der Waals surface area contributed by atoms with Crippen LogP contribution in [-0.2, 0) is 6.54 Å². The lowest BCUT2D eigenvalue weighted by molar-refractivity contribution is 0.469. The zero-order valence-electron chi connectivity index (χ0n) is 14.2. The molecule has 2 aliphatic carbocycles. The Morgan fingerprint density at radius 3 is 2.57 bits per heavy atom. The van der Waals surface area contributed by atoms with Crippen molar-refractivity contribution in [3.8, 4) is 0 Å². The second-order valence-electron chi connectivity index (χ2n) is 7.45. The van der Waals surface area contributed by atoms with Gasteiger partial charge in [-0.2, -0.15) is 5.10 Å². The summed E-state index contributed by atoms with van der Waals surface area (Å²) in [7, 11) is 0. The van der Waals surface area contributed by atoms with E-state index in [0.29, 0.717) is 17.8 Å². The monoisotopic (exact) mass is 311 g/mol. The second kappa shape index (κ2) is 5.62. The van der Waals surface area contributed by atoms with E-state index >= 15 is 0 Å². The highest BCUT2D eigenvalue weighted by Crippen LogP contribution is 2.44. The first kappa shape index (κ1) is 14.7. The maximum Gasteiger partial charge on any atom is 0.134 e. The molecule has 0 atom stereocenters. The Morgan fingerprint density at radius 1 is 1.17 bits per heavy atom. The van der Waals surface area contributed by atoms with Crippen molar-refractivity contribution < 1.29 is 0 Å². The van der Waals surface area contributed by atoms with Crippen LogP contribution < -0.4 is 5.32 Å². The fraction of sp³-hybridized carbons (Fsp3) is 0.611. The van der Waals surface area contributed by atoms with Gasteiger partial charge in [-0.05, 0) is 38.5 Å². The van der Waals surface area contributed by atoms with Crippen molar-refractivity contribution in [3.63, 3.8) is 0 Å². The molecule has 2 aromatic rings. The van der Waals surface area contributed by atoms with Gasteiger partial charge < -0.3 is 5.32 Å². The number of nitrogens with zero attached hydrogens (tertiary/aromatic N) is 4. The molecule has 2 saturated carbocycles. The number of nitrogens with one attached hydrogen (secondary N) is 1. The molecule has 23 heavy (non-hydrogen) atoms. The van der Waals surface area contributed by atoms with Crippen LogP contribution in [0.15, 0.2) is 12.3 Å². The lowest BCUT2D eigenvalue weighted by Crippen LogP contribution is -2.10. The van der Waals surface area contributed by atoms with Crippen LogP contribution in [0, 0.1) is 12.8 Å². The lowest BCUT2D eigenvalue weighted by Gasteiger charge is -2.12. The van der Waals surface area contributed by atoms with E-state index in [1.165, 1.54) is 31.4 Å². The number of hydrogen-bond donors (Lipinski definition) is 1. The van der Waals surface area contributed by atoms with E-state index in [4.69, 9.17) is 4.98 Å². The van der Waals surface area contributed by atoms with Crippen LogP contribution >= 0.6 is 0 Å². The van der Waals surface area contributed by atoms with Gasteiger partial charge >= 0.3 is 0 Å². The molecule has 2 fully saturated rings. The molecule has 122 valence electrons. The Labute approximate surface area is 137 Å². The molecule has 1 N–H and O–H groups in total. The molecule has 0 spiro atoms. The minimum absolute atomic E-state index is 0.571. The molecule has 0 saturated heterocycles. The minimum Gasteiger partial charge on any atom is -0.337 e. The molecule has 0 amide bonds. The van der Waals surface area contributed by atoms with E-state index in [1.807, 2.05) is 19.2 Å². The van der Waals surface area contributed by atoms with Gasteiger partial charge in [0, 0.05) is 30.1 Å². The first-order chi connectivity index (χ1) is 11.1. The number of hydrogen-bond acceptors (Lipinski definition) is 4. The fourth-order valence-corrected chi connectivity index (χ4v) is 3.09. The Kier molecular flexibility index (Phi) is 3.58. The van der Waals surface area contributed by atoms with Crippen LogP contribution in [-0.4, -0.2) is 19.7 Å². The van der Waals surface area contributed by atoms with Gasteiger partial charge in [0.05, 0.1) is 17.6 Å². The molecular weight excluding hydrogens is 286 g/mol. The lowest BCUT2D eigenvalue weighted by atomic mass is 10.2. The maximum absolute atomic E-state index is 4.72. The zero-order valence-corrected chi connectivity index (χ0v) is 14.2. The summed E-state index contributed by atoms with van der Waals surface area (Å²) < 4.78 is 2.18. The summed E-state index contributed by atoms with van der Waals surface area (Å²) in [5.74, 6) is 3.73. The van der Waals surface area contributed by atoms with Crippen molar-refractivity contribution >= 4 is 11.5 Å². The summed E-state index contributed by atoms with van der Waals surface area (Å²) in [6, 6.07) is 2.03. The molecule has 5 heteroatoms. The van der Waals surface area contributed by atoms with E-state index < -0.39 is 0 Å². The van der Waals surface area contributed by atoms with E-state index in [0.717, 1.165) is 29.6 Å². The van der Waals surface area contributed by atoms with Crippen LogP contribution in [0.5, 0.6) is 0 Å². The third kappa shape index (κ3) is 3.23. The molecule has 2 heterocycles. The topological polar surface area (TPSA) is 55.6 Å². The predicted molar refractivity (Wildman–Crippen MR) is 91.1 cm³/mol. The first-order valence-corrected chi connectivity index (χ1v) is 8.78. The Balaban J connectivity index is 1.62. The first-order valence-electron chi connectivity index (χ1n) is 8.78. The van der Waals surface area contributed by atoms with Gasteiger partial charge in [-0.3, -0.25) is 4.68 Å². The summed E-state index contributed by atoms with van der Waals surface area (Å²) in [5.41, 5.74) is 3.50. The van der Waals surface area contributed by atoms with E-state index in [1.54, 1.807) is 0 Å². The van der Waals surface area contributed by atoms with Crippen molar-refractivity contribution in [2.24, 2.45) is 5.92 Å². The molecule has 0 aliphatic heterocycles. The highest BCUT2D eigenvalue weighted by molar-refractivity contribution is 5.60. The van der Waals surface area contributed by atoms with E-state index in [9.17, 15) is 0 Å². The minimum atomic E-state index is 0.571. The molecule has 0 radical (unpaired) electrons. The molecular formula is C18H25N5. The van der Waals surface area contributed by atoms with Crippen molar-refractivity contribution in [2.45, 2.75) is 64.8 Å². The smallest absolute Gasteiger partial charge is 0.134 e. The van der Waals surface area contributed by atoms with Crippen LogP contribution in [0.4, 0.5) is 11.5 Å². The summed E-state index contributed by atoms with van der Waals surface area (Å²) in [4.78, 5) is 9.30. The van der Waals surface area contributed by atoms with Crippen LogP contribution in [0.25, 0.3) is 0 Å². The van der Waals surface area contributed by atoms with Gasteiger partial charge in [0.2, 0.25) is 0 Å². The predicted octanol–water partition coefficient (Wildman–Crippen LogP) is 4.14. The number of anilines is 2. The van der Waals surface area contributed by atoms with Crippen molar-refractivity contribution in [1.29, 1.82) is 0 Å².